The molecule has 1 atom stereocenters. The van der Waals surface area contributed by atoms with Crippen LogP contribution in [0.2, 0.25) is 10.0 Å². The van der Waals surface area contributed by atoms with Crippen LogP contribution >= 0.6 is 23.2 Å². The summed E-state index contributed by atoms with van der Waals surface area (Å²) in [6, 6.07) is 12.1. The Hall–Kier alpha value is -1.59. The monoisotopic (exact) mass is 431 g/mol. The normalized spacial score (nSPS) is 20.3. The molecule has 6 heteroatoms. The molecule has 2 aliphatic rings. The first kappa shape index (κ1) is 20.7. The molecule has 29 heavy (non-hydrogen) atoms. The maximum Gasteiger partial charge on any atom is 0.251 e. The van der Waals surface area contributed by atoms with Gasteiger partial charge >= 0.3 is 0 Å². The van der Waals surface area contributed by atoms with E-state index in [1.165, 1.54) is 24.0 Å². The third-order valence-electron chi connectivity index (χ3n) is 6.11. The fourth-order valence-electron chi connectivity index (χ4n) is 4.36. The number of hydrogen-bond acceptors (Lipinski definition) is 3. The van der Waals surface area contributed by atoms with E-state index < -0.39 is 0 Å². The van der Waals surface area contributed by atoms with Gasteiger partial charge in [-0.2, -0.15) is 0 Å². The summed E-state index contributed by atoms with van der Waals surface area (Å²) in [6.45, 7) is 4.82. The number of nitrogens with zero attached hydrogens (tertiary/aromatic N) is 2. The van der Waals surface area contributed by atoms with Crippen LogP contribution < -0.4 is 5.32 Å². The number of amides is 1. The number of carbonyl (C=O) groups excluding carboxylic acids is 1. The average molecular weight is 432 g/mol. The van der Waals surface area contributed by atoms with Gasteiger partial charge < -0.3 is 10.2 Å². The molecule has 1 heterocycles. The Morgan fingerprint density at radius 3 is 2.62 bits per heavy atom. The molecule has 2 aromatic carbocycles. The van der Waals surface area contributed by atoms with Crippen LogP contribution in [0, 0.1) is 0 Å². The molecule has 0 spiro atoms. The van der Waals surface area contributed by atoms with Crippen molar-refractivity contribution in [3.05, 3.63) is 68.7 Å². The zero-order valence-electron chi connectivity index (χ0n) is 16.8. The van der Waals surface area contributed by atoms with Crippen molar-refractivity contribution >= 4 is 29.1 Å². The van der Waals surface area contributed by atoms with E-state index in [4.69, 9.17) is 23.2 Å². The van der Waals surface area contributed by atoms with Crippen LogP contribution in [0.25, 0.3) is 0 Å². The fourth-order valence-corrected chi connectivity index (χ4v) is 4.68. The Labute approximate surface area is 182 Å². The van der Waals surface area contributed by atoms with E-state index >= 15 is 0 Å². The second kappa shape index (κ2) is 9.05. The SMILES string of the molecule is CN1CCN(C2CCCc3ccc(C(=O)NCc4ccc(Cl)c(Cl)c4)cc32)CC1. The number of aryl methyl sites for hydroxylation is 1. The van der Waals surface area contributed by atoms with Gasteiger partial charge in [0.2, 0.25) is 0 Å². The van der Waals surface area contributed by atoms with Crippen molar-refractivity contribution in [3.8, 4) is 0 Å². The largest absolute Gasteiger partial charge is 0.348 e. The van der Waals surface area contributed by atoms with Crippen LogP contribution in [-0.2, 0) is 13.0 Å². The highest BCUT2D eigenvalue weighted by molar-refractivity contribution is 6.42. The van der Waals surface area contributed by atoms with Gasteiger partial charge in [0, 0.05) is 44.3 Å². The summed E-state index contributed by atoms with van der Waals surface area (Å²) < 4.78 is 0. The van der Waals surface area contributed by atoms with Crippen LogP contribution in [0.15, 0.2) is 36.4 Å². The second-order valence-corrected chi connectivity index (χ2v) is 8.91. The molecular formula is C23H27Cl2N3O. The van der Waals surface area contributed by atoms with Crippen molar-refractivity contribution in [2.45, 2.75) is 31.8 Å². The Morgan fingerprint density at radius 2 is 1.86 bits per heavy atom. The van der Waals surface area contributed by atoms with E-state index in [0.717, 1.165) is 43.7 Å². The zero-order chi connectivity index (χ0) is 20.4. The quantitative estimate of drug-likeness (QED) is 0.770. The standard InChI is InChI=1S/C23H27Cl2N3O/c1-27-9-11-28(12-10-27)22-4-2-3-17-6-7-18(14-19(17)22)23(29)26-15-16-5-8-20(24)21(25)13-16/h5-8,13-14,22H,2-4,9-12,15H2,1H3,(H,26,29). The van der Waals surface area contributed by atoms with Gasteiger partial charge in [0.05, 0.1) is 10.0 Å². The van der Waals surface area contributed by atoms with Gasteiger partial charge in [0.15, 0.2) is 0 Å². The lowest BCUT2D eigenvalue weighted by Gasteiger charge is -2.40. The molecular weight excluding hydrogens is 405 g/mol. The predicted octanol–water partition coefficient (Wildman–Crippen LogP) is 4.55. The Balaban J connectivity index is 1.48. The van der Waals surface area contributed by atoms with Gasteiger partial charge in [-0.25, -0.2) is 0 Å². The summed E-state index contributed by atoms with van der Waals surface area (Å²) in [5.41, 5.74) is 4.38. The highest BCUT2D eigenvalue weighted by Gasteiger charge is 2.28. The van der Waals surface area contributed by atoms with Gasteiger partial charge in [-0.1, -0.05) is 35.3 Å². The summed E-state index contributed by atoms with van der Waals surface area (Å²) in [6.07, 6.45) is 3.49. The lowest BCUT2D eigenvalue weighted by Crippen LogP contribution is -2.46. The second-order valence-electron chi connectivity index (χ2n) is 8.09. The molecule has 1 aliphatic carbocycles. The van der Waals surface area contributed by atoms with Crippen LogP contribution in [0.3, 0.4) is 0 Å². The summed E-state index contributed by atoms with van der Waals surface area (Å²) in [5, 5.41) is 4.03. The van der Waals surface area contributed by atoms with Crippen LogP contribution in [-0.4, -0.2) is 48.9 Å². The topological polar surface area (TPSA) is 35.6 Å². The van der Waals surface area contributed by atoms with Crippen molar-refractivity contribution in [2.75, 3.05) is 33.2 Å². The maximum atomic E-state index is 12.8. The molecule has 1 unspecified atom stereocenters. The number of carbonyl (C=O) groups is 1. The molecule has 1 fully saturated rings. The molecule has 0 saturated carbocycles. The predicted molar refractivity (Wildman–Crippen MR) is 119 cm³/mol. The number of nitrogens with one attached hydrogen (secondary N) is 1. The van der Waals surface area contributed by atoms with Gasteiger partial charge in [0.25, 0.3) is 5.91 Å². The molecule has 2 aromatic rings. The van der Waals surface area contributed by atoms with Crippen molar-refractivity contribution in [3.63, 3.8) is 0 Å². The van der Waals surface area contributed by atoms with Crippen molar-refractivity contribution in [1.82, 2.24) is 15.1 Å². The lowest BCUT2D eigenvalue weighted by molar-refractivity contribution is 0.0947. The molecule has 1 aliphatic heterocycles. The molecule has 4 nitrogen and oxygen atoms in total. The number of likely N-dealkylation sites (N-methyl/N-ethyl adjacent to an activating group) is 1. The zero-order valence-corrected chi connectivity index (χ0v) is 18.3. The minimum absolute atomic E-state index is 0.0541. The van der Waals surface area contributed by atoms with Gasteiger partial charge in [-0.05, 0) is 67.3 Å². The number of benzene rings is 2. The molecule has 0 bridgehead atoms. The molecule has 4 rings (SSSR count). The maximum absolute atomic E-state index is 12.8. The smallest absolute Gasteiger partial charge is 0.251 e. The highest BCUT2D eigenvalue weighted by atomic mass is 35.5. The van der Waals surface area contributed by atoms with Gasteiger partial charge in [-0.3, -0.25) is 9.69 Å². The van der Waals surface area contributed by atoms with Gasteiger partial charge in [-0.15, -0.1) is 0 Å². The van der Waals surface area contributed by atoms with E-state index in [-0.39, 0.29) is 5.91 Å². The molecule has 0 radical (unpaired) electrons. The molecule has 1 saturated heterocycles. The van der Waals surface area contributed by atoms with Crippen LogP contribution in [0.1, 0.15) is 45.9 Å². The Bertz CT molecular complexity index is 894. The average Bonchev–Trinajstić information content (AvgIpc) is 2.74. The molecule has 0 aromatic heterocycles. The first-order valence-corrected chi connectivity index (χ1v) is 11.0. The third kappa shape index (κ3) is 4.77. The van der Waals surface area contributed by atoms with Crippen molar-refractivity contribution in [1.29, 1.82) is 0 Å². The first-order chi connectivity index (χ1) is 14.0. The summed E-state index contributed by atoms with van der Waals surface area (Å²) in [7, 11) is 2.18. The highest BCUT2D eigenvalue weighted by Crippen LogP contribution is 2.35. The third-order valence-corrected chi connectivity index (χ3v) is 6.85. The van der Waals surface area contributed by atoms with Crippen molar-refractivity contribution < 1.29 is 4.79 Å². The van der Waals surface area contributed by atoms with E-state index in [9.17, 15) is 4.79 Å². The van der Waals surface area contributed by atoms with Gasteiger partial charge in [0.1, 0.15) is 0 Å². The van der Waals surface area contributed by atoms with E-state index in [1.807, 2.05) is 12.1 Å². The summed E-state index contributed by atoms with van der Waals surface area (Å²) in [4.78, 5) is 17.8. The summed E-state index contributed by atoms with van der Waals surface area (Å²) in [5.74, 6) is -0.0541. The van der Waals surface area contributed by atoms with E-state index in [0.29, 0.717) is 22.6 Å². The number of halogens is 2. The molecule has 1 N–H and O–H groups in total. The first-order valence-electron chi connectivity index (χ1n) is 10.3. The molecule has 154 valence electrons. The minimum atomic E-state index is -0.0541. The Kier molecular flexibility index (Phi) is 6.45. The summed E-state index contributed by atoms with van der Waals surface area (Å²) >= 11 is 12.0. The van der Waals surface area contributed by atoms with Crippen LogP contribution in [0.5, 0.6) is 0 Å². The van der Waals surface area contributed by atoms with Crippen molar-refractivity contribution in [2.24, 2.45) is 0 Å². The number of fused-ring (bicyclic) bond motifs is 1. The molecule has 1 amide bonds. The number of piperazine rings is 1. The number of rotatable bonds is 4. The minimum Gasteiger partial charge on any atom is -0.348 e. The fraction of sp³-hybridized carbons (Fsp3) is 0.435. The van der Waals surface area contributed by atoms with E-state index in [1.54, 1.807) is 12.1 Å². The number of hydrogen-bond donors (Lipinski definition) is 1. The lowest BCUT2D eigenvalue weighted by atomic mass is 9.85. The van der Waals surface area contributed by atoms with E-state index in [2.05, 4.69) is 34.3 Å². The van der Waals surface area contributed by atoms with Crippen LogP contribution in [0.4, 0.5) is 0 Å². The Morgan fingerprint density at radius 1 is 1.07 bits per heavy atom.